The Morgan fingerprint density at radius 2 is 1.84 bits per heavy atom. The van der Waals surface area contributed by atoms with Crippen LogP contribution in [-0.2, 0) is 6.54 Å². The molecule has 5 nitrogen and oxygen atoms in total. The maximum absolute atomic E-state index is 12.3. The summed E-state index contributed by atoms with van der Waals surface area (Å²) in [6.07, 6.45) is 3.64. The zero-order chi connectivity index (χ0) is 21.8. The minimum atomic E-state index is -0.293. The lowest BCUT2D eigenvalue weighted by molar-refractivity contribution is 0.0955. The highest BCUT2D eigenvalue weighted by atomic mass is 35.5. The summed E-state index contributed by atoms with van der Waals surface area (Å²) in [5, 5.41) is 6.24. The van der Waals surface area contributed by atoms with E-state index < -0.39 is 0 Å². The van der Waals surface area contributed by atoms with Crippen LogP contribution in [0.2, 0.25) is 10.0 Å². The van der Waals surface area contributed by atoms with E-state index >= 15 is 0 Å². The van der Waals surface area contributed by atoms with E-state index in [-0.39, 0.29) is 5.91 Å². The molecule has 0 aliphatic rings. The fourth-order valence-electron chi connectivity index (χ4n) is 3.31. The van der Waals surface area contributed by atoms with Crippen molar-refractivity contribution >= 4 is 46.2 Å². The molecule has 31 heavy (non-hydrogen) atoms. The molecule has 0 saturated heterocycles. The predicted octanol–water partition coefficient (Wildman–Crippen LogP) is 5.77. The van der Waals surface area contributed by atoms with Gasteiger partial charge >= 0.3 is 0 Å². The van der Waals surface area contributed by atoms with Crippen LogP contribution in [-0.4, -0.2) is 23.8 Å². The fraction of sp³-hybridized carbons (Fsp3) is 0.0833. The smallest absolute Gasteiger partial charge is 0.271 e. The summed E-state index contributed by atoms with van der Waals surface area (Å²) in [5.74, 6) is 0.397. The van der Waals surface area contributed by atoms with Gasteiger partial charge in [0.25, 0.3) is 5.91 Å². The number of nitrogens with one attached hydrogen (secondary N) is 1. The molecule has 1 heterocycles. The summed E-state index contributed by atoms with van der Waals surface area (Å²) in [6, 6.07) is 20.5. The maximum atomic E-state index is 12.3. The number of para-hydroxylation sites is 1. The van der Waals surface area contributed by atoms with E-state index in [4.69, 9.17) is 27.9 Å². The Kier molecular flexibility index (Phi) is 6.26. The summed E-state index contributed by atoms with van der Waals surface area (Å²) < 4.78 is 7.22. The van der Waals surface area contributed by atoms with Crippen LogP contribution in [0.4, 0.5) is 0 Å². The molecule has 0 aliphatic heterocycles. The topological polar surface area (TPSA) is 55.6 Å². The first kappa shape index (κ1) is 21.0. The SMILES string of the molecule is COc1ccc(C(=O)N/N=C\c2cn(Cc3ccc(Cl)c(Cl)c3)c3ccccc23)cc1. The van der Waals surface area contributed by atoms with E-state index in [0.717, 1.165) is 22.0 Å². The first-order chi connectivity index (χ1) is 15.0. The van der Waals surface area contributed by atoms with E-state index in [1.54, 1.807) is 43.7 Å². The number of nitrogens with zero attached hydrogens (tertiary/aromatic N) is 2. The second-order valence-electron chi connectivity index (χ2n) is 6.91. The summed E-state index contributed by atoms with van der Waals surface area (Å²) >= 11 is 12.2. The first-order valence-corrected chi connectivity index (χ1v) is 10.3. The van der Waals surface area contributed by atoms with Crippen LogP contribution in [0.3, 0.4) is 0 Å². The van der Waals surface area contributed by atoms with Crippen LogP contribution in [0.25, 0.3) is 10.9 Å². The van der Waals surface area contributed by atoms with Crippen molar-refractivity contribution in [3.8, 4) is 5.75 Å². The van der Waals surface area contributed by atoms with Crippen molar-refractivity contribution in [2.45, 2.75) is 6.54 Å². The van der Waals surface area contributed by atoms with E-state index in [1.807, 2.05) is 42.6 Å². The zero-order valence-electron chi connectivity index (χ0n) is 16.7. The molecule has 0 unspecified atom stereocenters. The largest absolute Gasteiger partial charge is 0.497 e. The molecule has 0 radical (unpaired) electrons. The van der Waals surface area contributed by atoms with E-state index in [2.05, 4.69) is 15.1 Å². The van der Waals surface area contributed by atoms with Gasteiger partial charge in [-0.2, -0.15) is 5.10 Å². The van der Waals surface area contributed by atoms with Gasteiger partial charge < -0.3 is 9.30 Å². The van der Waals surface area contributed by atoms with Gasteiger partial charge in [0.2, 0.25) is 0 Å². The fourth-order valence-corrected chi connectivity index (χ4v) is 3.63. The third-order valence-corrected chi connectivity index (χ3v) is 5.62. The Labute approximate surface area is 189 Å². The van der Waals surface area contributed by atoms with Crippen LogP contribution in [0.15, 0.2) is 78.0 Å². The molecule has 0 atom stereocenters. The lowest BCUT2D eigenvalue weighted by atomic mass is 10.2. The maximum Gasteiger partial charge on any atom is 0.271 e. The predicted molar refractivity (Wildman–Crippen MR) is 126 cm³/mol. The standard InChI is InChI=1S/C24H19Cl2N3O2/c1-31-19-9-7-17(8-10-19)24(30)28-27-13-18-15-29(23-5-3-2-4-20(18)23)14-16-6-11-21(25)22(26)12-16/h2-13,15H,14H2,1H3,(H,28,30)/b27-13-. The highest BCUT2D eigenvalue weighted by molar-refractivity contribution is 6.42. The van der Waals surface area contributed by atoms with Gasteiger partial charge in [0.1, 0.15) is 5.75 Å². The van der Waals surface area contributed by atoms with Crippen LogP contribution in [0.1, 0.15) is 21.5 Å². The number of hydrogen-bond acceptors (Lipinski definition) is 3. The number of carbonyl (C=O) groups is 1. The minimum Gasteiger partial charge on any atom is -0.497 e. The monoisotopic (exact) mass is 451 g/mol. The van der Waals surface area contributed by atoms with Gasteiger partial charge in [0.15, 0.2) is 0 Å². The number of ether oxygens (including phenoxy) is 1. The van der Waals surface area contributed by atoms with E-state index in [0.29, 0.717) is 27.9 Å². The third kappa shape index (κ3) is 4.74. The summed E-state index contributed by atoms with van der Waals surface area (Å²) in [6.45, 7) is 0.628. The van der Waals surface area contributed by atoms with Gasteiger partial charge in [0.05, 0.1) is 23.4 Å². The number of hydrazone groups is 1. The Balaban J connectivity index is 1.54. The number of fused-ring (bicyclic) bond motifs is 1. The molecule has 0 aliphatic carbocycles. The van der Waals surface area contributed by atoms with Gasteiger partial charge in [-0.05, 0) is 48.0 Å². The average Bonchev–Trinajstić information content (AvgIpc) is 3.14. The Bertz CT molecular complexity index is 1260. The molecule has 7 heteroatoms. The van der Waals surface area contributed by atoms with Gasteiger partial charge in [-0.1, -0.05) is 47.5 Å². The van der Waals surface area contributed by atoms with Crippen LogP contribution in [0.5, 0.6) is 5.75 Å². The van der Waals surface area contributed by atoms with E-state index in [9.17, 15) is 4.79 Å². The van der Waals surface area contributed by atoms with Crippen LogP contribution >= 0.6 is 23.2 Å². The molecule has 1 amide bonds. The van der Waals surface area contributed by atoms with Crippen molar-refractivity contribution in [2.24, 2.45) is 5.10 Å². The Morgan fingerprint density at radius 3 is 2.58 bits per heavy atom. The molecule has 156 valence electrons. The number of hydrogen-bond donors (Lipinski definition) is 1. The molecule has 4 aromatic rings. The van der Waals surface area contributed by atoms with E-state index in [1.165, 1.54) is 0 Å². The molecule has 1 aromatic heterocycles. The first-order valence-electron chi connectivity index (χ1n) is 9.54. The van der Waals surface area contributed by atoms with Crippen LogP contribution in [0, 0.1) is 0 Å². The molecule has 0 bridgehead atoms. The third-order valence-electron chi connectivity index (χ3n) is 4.88. The van der Waals surface area contributed by atoms with Gasteiger partial charge in [0, 0.05) is 34.8 Å². The molecule has 4 rings (SSSR count). The highest BCUT2D eigenvalue weighted by Crippen LogP contribution is 2.25. The minimum absolute atomic E-state index is 0.293. The molecule has 0 fully saturated rings. The lowest BCUT2D eigenvalue weighted by Crippen LogP contribution is -2.17. The zero-order valence-corrected chi connectivity index (χ0v) is 18.2. The quantitative estimate of drug-likeness (QED) is 0.298. The van der Waals surface area contributed by atoms with Gasteiger partial charge in [-0.25, -0.2) is 5.43 Å². The summed E-state index contributed by atoms with van der Waals surface area (Å²) in [7, 11) is 1.58. The average molecular weight is 452 g/mol. The number of rotatable bonds is 6. The van der Waals surface area contributed by atoms with Crippen molar-refractivity contribution in [2.75, 3.05) is 7.11 Å². The van der Waals surface area contributed by atoms with Crippen LogP contribution < -0.4 is 10.2 Å². The highest BCUT2D eigenvalue weighted by Gasteiger charge is 2.09. The second kappa shape index (κ2) is 9.25. The van der Waals surface area contributed by atoms with Crippen molar-refractivity contribution in [1.29, 1.82) is 0 Å². The number of carbonyl (C=O) groups excluding carboxylic acids is 1. The summed E-state index contributed by atoms with van der Waals surface area (Å²) in [4.78, 5) is 12.3. The second-order valence-corrected chi connectivity index (χ2v) is 7.72. The Morgan fingerprint density at radius 1 is 1.06 bits per heavy atom. The molecular weight excluding hydrogens is 433 g/mol. The number of amides is 1. The van der Waals surface area contributed by atoms with Crippen molar-refractivity contribution in [3.63, 3.8) is 0 Å². The molecule has 0 saturated carbocycles. The number of halogens is 2. The van der Waals surface area contributed by atoms with Gasteiger partial charge in [-0.15, -0.1) is 0 Å². The van der Waals surface area contributed by atoms with Crippen molar-refractivity contribution in [3.05, 3.63) is 99.7 Å². The van der Waals surface area contributed by atoms with Gasteiger partial charge in [-0.3, -0.25) is 4.79 Å². The number of benzene rings is 3. The summed E-state index contributed by atoms with van der Waals surface area (Å²) in [5.41, 5.74) is 6.05. The van der Waals surface area contributed by atoms with Crippen molar-refractivity contribution < 1.29 is 9.53 Å². The normalized spacial score (nSPS) is 11.2. The number of methoxy groups -OCH3 is 1. The molecule has 1 N–H and O–H groups in total. The lowest BCUT2D eigenvalue weighted by Gasteiger charge is -2.06. The van der Waals surface area contributed by atoms with Crippen molar-refractivity contribution in [1.82, 2.24) is 9.99 Å². The molecule has 3 aromatic carbocycles. The Hall–Kier alpha value is -3.28. The molecule has 0 spiro atoms. The number of aromatic nitrogens is 1. The molecular formula is C24H19Cl2N3O2.